The van der Waals surface area contributed by atoms with Gasteiger partial charge in [-0.2, -0.15) is 0 Å². The molecule has 0 aliphatic heterocycles. The molecule has 0 atom stereocenters. The van der Waals surface area contributed by atoms with Crippen LogP contribution in [0.4, 0.5) is 0 Å². The number of hydrogen-bond donors (Lipinski definition) is 0. The lowest BCUT2D eigenvalue weighted by Gasteiger charge is -2.26. The lowest BCUT2D eigenvalue weighted by molar-refractivity contribution is 0.203. The second-order valence-corrected chi connectivity index (χ2v) is 6.17. The Morgan fingerprint density at radius 3 is 2.50 bits per heavy atom. The summed E-state index contributed by atoms with van der Waals surface area (Å²) in [6, 6.07) is 5.18. The van der Waals surface area contributed by atoms with E-state index >= 15 is 0 Å². The van der Waals surface area contributed by atoms with Crippen LogP contribution >= 0.6 is 0 Å². The van der Waals surface area contributed by atoms with Crippen LogP contribution in [0.15, 0.2) is 18.3 Å². The molecule has 1 fully saturated rings. The zero-order valence-electron chi connectivity index (χ0n) is 13.3. The van der Waals surface area contributed by atoms with Crippen LogP contribution in [0, 0.1) is 0 Å². The molecule has 3 heteroatoms. The summed E-state index contributed by atoms with van der Waals surface area (Å²) in [5.41, 5.74) is 2.49. The summed E-state index contributed by atoms with van der Waals surface area (Å²) < 4.78 is 0. The Morgan fingerprint density at radius 2 is 1.90 bits per heavy atom. The molecule has 1 saturated carbocycles. The number of likely N-dealkylation sites (N-methyl/N-ethyl adjacent to an activating group) is 2. The number of hydrogen-bond acceptors (Lipinski definition) is 3. The highest BCUT2D eigenvalue weighted by Gasteiger charge is 2.19. The molecule has 1 aromatic heterocycles. The zero-order valence-corrected chi connectivity index (χ0v) is 13.3. The van der Waals surface area contributed by atoms with Crippen molar-refractivity contribution in [3.8, 4) is 0 Å². The molecular formula is C17H29N3. The van der Waals surface area contributed by atoms with E-state index in [2.05, 4.69) is 47.9 Å². The molecule has 1 aliphatic rings. The van der Waals surface area contributed by atoms with Gasteiger partial charge in [-0.1, -0.05) is 25.8 Å². The Morgan fingerprint density at radius 1 is 1.15 bits per heavy atom. The monoisotopic (exact) mass is 275 g/mol. The first-order chi connectivity index (χ1) is 9.69. The SMILES string of the molecule is CCc1ccc(CN(C)CCN(C)C2CCCC2)nc1. The fourth-order valence-corrected chi connectivity index (χ4v) is 2.97. The van der Waals surface area contributed by atoms with Gasteiger partial charge in [-0.05, 0) is 45.0 Å². The third-order valence-corrected chi connectivity index (χ3v) is 4.51. The van der Waals surface area contributed by atoms with Gasteiger partial charge in [-0.3, -0.25) is 9.88 Å². The third-order valence-electron chi connectivity index (χ3n) is 4.51. The highest BCUT2D eigenvalue weighted by atomic mass is 15.2. The highest BCUT2D eigenvalue weighted by Crippen LogP contribution is 2.22. The lowest BCUT2D eigenvalue weighted by Crippen LogP contribution is -2.36. The molecule has 1 aliphatic carbocycles. The maximum Gasteiger partial charge on any atom is 0.0544 e. The molecule has 112 valence electrons. The lowest BCUT2D eigenvalue weighted by atomic mass is 10.2. The molecule has 0 bridgehead atoms. The van der Waals surface area contributed by atoms with Gasteiger partial charge in [-0.15, -0.1) is 0 Å². The van der Waals surface area contributed by atoms with Gasteiger partial charge >= 0.3 is 0 Å². The van der Waals surface area contributed by atoms with E-state index in [1.165, 1.54) is 36.9 Å². The van der Waals surface area contributed by atoms with Crippen molar-refractivity contribution in [3.05, 3.63) is 29.6 Å². The Labute approximate surface area is 124 Å². The number of nitrogens with zero attached hydrogens (tertiary/aromatic N) is 3. The standard InChI is InChI=1S/C17H29N3/c1-4-15-9-10-16(18-13-15)14-19(2)11-12-20(3)17-7-5-6-8-17/h9-10,13,17H,4-8,11-12,14H2,1-3H3. The fraction of sp³-hybridized carbons (Fsp3) is 0.706. The van der Waals surface area contributed by atoms with E-state index in [1.807, 2.05) is 6.20 Å². The summed E-state index contributed by atoms with van der Waals surface area (Å²) in [4.78, 5) is 9.45. The van der Waals surface area contributed by atoms with E-state index in [-0.39, 0.29) is 0 Å². The van der Waals surface area contributed by atoms with E-state index in [1.54, 1.807) is 0 Å². The molecule has 20 heavy (non-hydrogen) atoms. The quantitative estimate of drug-likeness (QED) is 0.762. The van der Waals surface area contributed by atoms with E-state index in [4.69, 9.17) is 0 Å². The molecule has 1 aromatic rings. The summed E-state index contributed by atoms with van der Waals surface area (Å²) in [7, 11) is 4.47. The van der Waals surface area contributed by atoms with E-state index < -0.39 is 0 Å². The molecule has 2 rings (SSSR count). The fourth-order valence-electron chi connectivity index (χ4n) is 2.97. The second kappa shape index (κ2) is 7.75. The molecule has 1 heterocycles. The molecule has 0 aromatic carbocycles. The van der Waals surface area contributed by atoms with Gasteiger partial charge in [0, 0.05) is 31.9 Å². The van der Waals surface area contributed by atoms with Crippen molar-refractivity contribution < 1.29 is 0 Å². The number of aromatic nitrogens is 1. The summed E-state index contributed by atoms with van der Waals surface area (Å²) in [5.74, 6) is 0. The van der Waals surface area contributed by atoms with Crippen LogP contribution in [0.3, 0.4) is 0 Å². The van der Waals surface area contributed by atoms with Crippen LogP contribution in [0.1, 0.15) is 43.9 Å². The predicted octanol–water partition coefficient (Wildman–Crippen LogP) is 2.95. The minimum atomic E-state index is 0.824. The first kappa shape index (κ1) is 15.5. The van der Waals surface area contributed by atoms with Gasteiger partial charge in [-0.25, -0.2) is 0 Å². The molecule has 0 N–H and O–H groups in total. The van der Waals surface area contributed by atoms with Gasteiger partial charge < -0.3 is 4.90 Å². The van der Waals surface area contributed by atoms with Crippen molar-refractivity contribution in [2.75, 3.05) is 27.2 Å². The van der Waals surface area contributed by atoms with Crippen molar-refractivity contribution >= 4 is 0 Å². The van der Waals surface area contributed by atoms with E-state index in [9.17, 15) is 0 Å². The predicted molar refractivity (Wildman–Crippen MR) is 84.8 cm³/mol. The van der Waals surface area contributed by atoms with Crippen LogP contribution in [-0.4, -0.2) is 48.0 Å². The van der Waals surface area contributed by atoms with Crippen LogP contribution in [0.25, 0.3) is 0 Å². The Hall–Kier alpha value is -0.930. The highest BCUT2D eigenvalue weighted by molar-refractivity contribution is 5.13. The average molecular weight is 275 g/mol. The number of aryl methyl sites for hydroxylation is 1. The van der Waals surface area contributed by atoms with Gasteiger partial charge in [0.25, 0.3) is 0 Å². The molecule has 0 amide bonds. The molecule has 0 saturated heterocycles. The topological polar surface area (TPSA) is 19.4 Å². The zero-order chi connectivity index (χ0) is 14.4. The van der Waals surface area contributed by atoms with Crippen molar-refractivity contribution in [1.29, 1.82) is 0 Å². The summed E-state index contributed by atoms with van der Waals surface area (Å²) in [5, 5.41) is 0. The summed E-state index contributed by atoms with van der Waals surface area (Å²) in [6.07, 6.45) is 8.68. The molecule has 0 spiro atoms. The largest absolute Gasteiger partial charge is 0.302 e. The minimum Gasteiger partial charge on any atom is -0.302 e. The van der Waals surface area contributed by atoms with Gasteiger partial charge in [0.05, 0.1) is 5.69 Å². The first-order valence-corrected chi connectivity index (χ1v) is 8.01. The minimum absolute atomic E-state index is 0.824. The van der Waals surface area contributed by atoms with Crippen LogP contribution in [0.2, 0.25) is 0 Å². The van der Waals surface area contributed by atoms with Crippen molar-refractivity contribution in [2.45, 2.75) is 51.6 Å². The van der Waals surface area contributed by atoms with Crippen LogP contribution in [0.5, 0.6) is 0 Å². The third kappa shape index (κ3) is 4.57. The normalized spacial score (nSPS) is 16.4. The average Bonchev–Trinajstić information content (AvgIpc) is 3.00. The second-order valence-electron chi connectivity index (χ2n) is 6.17. The smallest absolute Gasteiger partial charge is 0.0544 e. The molecular weight excluding hydrogens is 246 g/mol. The van der Waals surface area contributed by atoms with Gasteiger partial charge in [0.1, 0.15) is 0 Å². The molecule has 3 nitrogen and oxygen atoms in total. The van der Waals surface area contributed by atoms with Crippen LogP contribution < -0.4 is 0 Å². The summed E-state index contributed by atoms with van der Waals surface area (Å²) >= 11 is 0. The Balaban J connectivity index is 1.72. The summed E-state index contributed by atoms with van der Waals surface area (Å²) in [6.45, 7) is 5.39. The first-order valence-electron chi connectivity index (χ1n) is 8.01. The van der Waals surface area contributed by atoms with Crippen molar-refractivity contribution in [3.63, 3.8) is 0 Å². The van der Waals surface area contributed by atoms with Crippen molar-refractivity contribution in [1.82, 2.24) is 14.8 Å². The van der Waals surface area contributed by atoms with E-state index in [0.717, 1.165) is 32.1 Å². The number of rotatable bonds is 7. The Kier molecular flexibility index (Phi) is 5.99. The van der Waals surface area contributed by atoms with Gasteiger partial charge in [0.2, 0.25) is 0 Å². The number of pyridine rings is 1. The maximum absolute atomic E-state index is 4.54. The van der Waals surface area contributed by atoms with Crippen molar-refractivity contribution in [2.24, 2.45) is 0 Å². The Bertz CT molecular complexity index is 382. The molecule has 0 unspecified atom stereocenters. The van der Waals surface area contributed by atoms with Crippen LogP contribution in [-0.2, 0) is 13.0 Å². The molecule has 0 radical (unpaired) electrons. The van der Waals surface area contributed by atoms with Gasteiger partial charge in [0.15, 0.2) is 0 Å². The maximum atomic E-state index is 4.54. The van der Waals surface area contributed by atoms with E-state index in [0.29, 0.717) is 0 Å².